The maximum Gasteiger partial charge on any atom is 0.306 e. The largest absolute Gasteiger partial charge is 0.756 e. The third-order valence-electron chi connectivity index (χ3n) is 8.35. The quantitative estimate of drug-likeness (QED) is 0.0204. The van der Waals surface area contributed by atoms with Gasteiger partial charge in [0.05, 0.1) is 27.7 Å². The third kappa shape index (κ3) is 37.7. The first kappa shape index (κ1) is 50.0. The summed E-state index contributed by atoms with van der Waals surface area (Å²) in [5.41, 5.74) is 0. The van der Waals surface area contributed by atoms with E-state index in [9.17, 15) is 19.0 Å². The standard InChI is InChI=1S/C42H76NO8P/c1-6-8-10-12-14-16-18-19-20-21-22-23-25-26-28-30-32-34-41(44)48-38-40(39-50-52(46,47)49-37-36-43(3,4)5)51-42(45)35-33-31-29-27-24-17-15-13-11-9-7-2/h14,16,19-20,22-23,26,28,40H,6-13,15,17-18,21,24-25,27,29-39H2,1-5H3/b16-14+,20-19+,23-22+,28-26+/t40-/m0/s1. The molecule has 0 N–H and O–H groups in total. The van der Waals surface area contributed by atoms with Crippen LogP contribution in [0.4, 0.5) is 0 Å². The van der Waals surface area contributed by atoms with E-state index in [1.807, 2.05) is 27.2 Å². The molecular weight excluding hydrogens is 677 g/mol. The molecule has 52 heavy (non-hydrogen) atoms. The summed E-state index contributed by atoms with van der Waals surface area (Å²) in [7, 11) is 1.13. The smallest absolute Gasteiger partial charge is 0.306 e. The molecule has 0 amide bonds. The number of hydrogen-bond donors (Lipinski definition) is 0. The molecule has 302 valence electrons. The fraction of sp³-hybridized carbons (Fsp3) is 0.762. The minimum absolute atomic E-state index is 0.0397. The van der Waals surface area contributed by atoms with Crippen molar-refractivity contribution in [2.75, 3.05) is 47.5 Å². The van der Waals surface area contributed by atoms with E-state index in [1.54, 1.807) is 0 Å². The Labute approximate surface area is 318 Å². The van der Waals surface area contributed by atoms with Crippen LogP contribution in [0.5, 0.6) is 0 Å². The lowest BCUT2D eigenvalue weighted by atomic mass is 10.1. The van der Waals surface area contributed by atoms with Gasteiger partial charge in [0.25, 0.3) is 7.82 Å². The van der Waals surface area contributed by atoms with E-state index < -0.39 is 32.5 Å². The summed E-state index contributed by atoms with van der Waals surface area (Å²) in [4.78, 5) is 37.3. The first-order valence-electron chi connectivity index (χ1n) is 20.3. The van der Waals surface area contributed by atoms with E-state index in [1.165, 1.54) is 70.6 Å². The van der Waals surface area contributed by atoms with Crippen LogP contribution in [0.15, 0.2) is 48.6 Å². The number of esters is 2. The number of quaternary nitrogens is 1. The van der Waals surface area contributed by atoms with Gasteiger partial charge in [0, 0.05) is 12.8 Å². The molecule has 0 saturated heterocycles. The lowest BCUT2D eigenvalue weighted by Crippen LogP contribution is -2.37. The number of phosphoric ester groups is 1. The molecule has 0 spiro atoms. The molecule has 0 aromatic carbocycles. The Morgan fingerprint density at radius 2 is 1.06 bits per heavy atom. The lowest BCUT2D eigenvalue weighted by Gasteiger charge is -2.28. The Morgan fingerprint density at radius 3 is 1.60 bits per heavy atom. The van der Waals surface area contributed by atoms with Crippen LogP contribution in [0.1, 0.15) is 155 Å². The number of carbonyl (C=O) groups excluding carboxylic acids is 2. The van der Waals surface area contributed by atoms with E-state index in [-0.39, 0.29) is 26.1 Å². The topological polar surface area (TPSA) is 111 Å². The Balaban J connectivity index is 4.49. The summed E-state index contributed by atoms with van der Waals surface area (Å²) >= 11 is 0. The number of nitrogens with zero attached hydrogens (tertiary/aromatic N) is 1. The Kier molecular flexibility index (Phi) is 33.4. The Hall–Kier alpha value is -2.03. The van der Waals surface area contributed by atoms with Gasteiger partial charge in [-0.05, 0) is 51.4 Å². The molecular formula is C42H76NO8P. The Bertz CT molecular complexity index is 1030. The molecule has 0 fully saturated rings. The van der Waals surface area contributed by atoms with Crippen molar-refractivity contribution in [2.24, 2.45) is 0 Å². The molecule has 9 nitrogen and oxygen atoms in total. The van der Waals surface area contributed by atoms with Gasteiger partial charge in [0.15, 0.2) is 6.10 Å². The second-order valence-corrected chi connectivity index (χ2v) is 16.1. The van der Waals surface area contributed by atoms with Crippen LogP contribution in [0.2, 0.25) is 0 Å². The summed E-state index contributed by atoms with van der Waals surface area (Å²) in [5, 5.41) is 0. The monoisotopic (exact) mass is 754 g/mol. The molecule has 0 rings (SSSR count). The summed E-state index contributed by atoms with van der Waals surface area (Å²) < 4.78 is 33.7. The first-order valence-corrected chi connectivity index (χ1v) is 21.8. The average molecular weight is 754 g/mol. The van der Waals surface area contributed by atoms with Gasteiger partial charge in [0.2, 0.25) is 0 Å². The van der Waals surface area contributed by atoms with Gasteiger partial charge < -0.3 is 27.9 Å². The molecule has 0 radical (unpaired) electrons. The number of hydrogen-bond acceptors (Lipinski definition) is 8. The summed E-state index contributed by atoms with van der Waals surface area (Å²) in [6.07, 6.45) is 38.6. The number of allylic oxidation sites excluding steroid dienone is 8. The summed E-state index contributed by atoms with van der Waals surface area (Å²) in [6.45, 7) is 4.11. The molecule has 0 aromatic heterocycles. The highest BCUT2D eigenvalue weighted by atomic mass is 31.2. The van der Waals surface area contributed by atoms with Crippen molar-refractivity contribution in [3.63, 3.8) is 0 Å². The molecule has 0 heterocycles. The maximum absolute atomic E-state index is 12.6. The predicted octanol–water partition coefficient (Wildman–Crippen LogP) is 10.5. The van der Waals surface area contributed by atoms with Gasteiger partial charge in [-0.2, -0.15) is 0 Å². The SMILES string of the molecule is CCCCC/C=C/C/C=C/C/C=C/C/C=C/CCCC(=O)OC[C@@H](COP(=O)([O-])OCC[N+](C)(C)C)OC(=O)CCCCCCCCCCCCC. The molecule has 0 bridgehead atoms. The van der Waals surface area contributed by atoms with Crippen LogP contribution in [-0.2, 0) is 32.7 Å². The minimum Gasteiger partial charge on any atom is -0.756 e. The van der Waals surface area contributed by atoms with Crippen molar-refractivity contribution in [3.05, 3.63) is 48.6 Å². The van der Waals surface area contributed by atoms with Crippen molar-refractivity contribution in [1.29, 1.82) is 0 Å². The highest BCUT2D eigenvalue weighted by molar-refractivity contribution is 7.45. The van der Waals surface area contributed by atoms with Crippen LogP contribution in [0.25, 0.3) is 0 Å². The number of ether oxygens (including phenoxy) is 2. The number of carbonyl (C=O) groups is 2. The van der Waals surface area contributed by atoms with E-state index in [0.29, 0.717) is 23.9 Å². The second kappa shape index (κ2) is 34.7. The van der Waals surface area contributed by atoms with Crippen molar-refractivity contribution in [3.8, 4) is 0 Å². The van der Waals surface area contributed by atoms with Gasteiger partial charge in [-0.25, -0.2) is 0 Å². The number of rotatable bonds is 36. The average Bonchev–Trinajstić information content (AvgIpc) is 3.09. The number of likely N-dealkylation sites (N-methyl/N-ethyl adjacent to an activating group) is 1. The van der Waals surface area contributed by atoms with Crippen LogP contribution in [-0.4, -0.2) is 70.0 Å². The first-order chi connectivity index (χ1) is 25.0. The van der Waals surface area contributed by atoms with Crippen molar-refractivity contribution >= 4 is 19.8 Å². The zero-order valence-electron chi connectivity index (χ0n) is 33.7. The van der Waals surface area contributed by atoms with Crippen molar-refractivity contribution in [1.82, 2.24) is 0 Å². The molecule has 0 aliphatic carbocycles. The molecule has 0 aliphatic heterocycles. The molecule has 2 atom stereocenters. The van der Waals surface area contributed by atoms with E-state index >= 15 is 0 Å². The van der Waals surface area contributed by atoms with Crippen molar-refractivity contribution in [2.45, 2.75) is 161 Å². The number of phosphoric acid groups is 1. The van der Waals surface area contributed by atoms with Gasteiger partial charge in [-0.3, -0.25) is 14.2 Å². The zero-order valence-corrected chi connectivity index (χ0v) is 34.6. The van der Waals surface area contributed by atoms with Crippen molar-refractivity contribution < 1.29 is 42.1 Å². The second-order valence-electron chi connectivity index (χ2n) is 14.7. The molecule has 0 aromatic rings. The minimum atomic E-state index is -4.63. The molecule has 0 saturated carbocycles. The van der Waals surface area contributed by atoms with E-state index in [4.69, 9.17) is 18.5 Å². The molecule has 10 heteroatoms. The highest BCUT2D eigenvalue weighted by Gasteiger charge is 2.21. The zero-order chi connectivity index (χ0) is 38.6. The lowest BCUT2D eigenvalue weighted by molar-refractivity contribution is -0.870. The third-order valence-corrected chi connectivity index (χ3v) is 9.32. The van der Waals surface area contributed by atoms with Crippen LogP contribution in [0.3, 0.4) is 0 Å². The number of unbranched alkanes of at least 4 members (excludes halogenated alkanes) is 14. The van der Waals surface area contributed by atoms with Gasteiger partial charge in [-0.1, -0.05) is 140 Å². The van der Waals surface area contributed by atoms with Crippen LogP contribution in [0, 0.1) is 0 Å². The molecule has 1 unspecified atom stereocenters. The van der Waals surface area contributed by atoms with Gasteiger partial charge in [-0.15, -0.1) is 0 Å². The van der Waals surface area contributed by atoms with Crippen LogP contribution < -0.4 is 4.89 Å². The van der Waals surface area contributed by atoms with E-state index in [2.05, 4.69) is 56.4 Å². The van der Waals surface area contributed by atoms with Gasteiger partial charge >= 0.3 is 11.9 Å². The predicted molar refractivity (Wildman–Crippen MR) is 213 cm³/mol. The van der Waals surface area contributed by atoms with Gasteiger partial charge in [0.1, 0.15) is 19.8 Å². The highest BCUT2D eigenvalue weighted by Crippen LogP contribution is 2.38. The fourth-order valence-electron chi connectivity index (χ4n) is 5.12. The fourth-order valence-corrected chi connectivity index (χ4v) is 5.84. The molecule has 0 aliphatic rings. The normalized spacial score (nSPS) is 14.2. The summed E-state index contributed by atoms with van der Waals surface area (Å²) in [5.74, 6) is -0.903. The van der Waals surface area contributed by atoms with E-state index in [0.717, 1.165) is 44.9 Å². The van der Waals surface area contributed by atoms with Crippen LogP contribution >= 0.6 is 7.82 Å². The Morgan fingerprint density at radius 1 is 0.596 bits per heavy atom. The maximum atomic E-state index is 12.6. The summed E-state index contributed by atoms with van der Waals surface area (Å²) in [6, 6.07) is 0.